The summed E-state index contributed by atoms with van der Waals surface area (Å²) in [6, 6.07) is 3.75. The summed E-state index contributed by atoms with van der Waals surface area (Å²) in [4.78, 5) is 12.3. The lowest BCUT2D eigenvalue weighted by Gasteiger charge is -2.02. The normalized spacial score (nSPS) is 10.0. The molecule has 0 aromatic carbocycles. The standard InChI is InChI=1S/C10H11N5/c1-7(2)14-15-10-8-4-3-5-11-9(8)12-6-13-10/h3-6H,1-2H3,(H,11,12,13,15). The van der Waals surface area contributed by atoms with Crippen molar-refractivity contribution in [3.63, 3.8) is 0 Å². The SMILES string of the molecule is CC(C)=NNc1ncnc2ncccc12. The van der Waals surface area contributed by atoms with Crippen LogP contribution < -0.4 is 5.43 Å². The highest BCUT2D eigenvalue weighted by Crippen LogP contribution is 2.15. The van der Waals surface area contributed by atoms with E-state index in [1.807, 2.05) is 26.0 Å². The maximum atomic E-state index is 4.13. The van der Waals surface area contributed by atoms with E-state index in [0.717, 1.165) is 11.1 Å². The molecular formula is C10H11N5. The van der Waals surface area contributed by atoms with Crippen LogP contribution in [0.4, 0.5) is 5.82 Å². The van der Waals surface area contributed by atoms with Crippen LogP contribution >= 0.6 is 0 Å². The number of fused-ring (bicyclic) bond motifs is 1. The lowest BCUT2D eigenvalue weighted by molar-refractivity contribution is 1.15. The zero-order valence-corrected chi connectivity index (χ0v) is 8.60. The van der Waals surface area contributed by atoms with Gasteiger partial charge >= 0.3 is 0 Å². The molecular weight excluding hydrogens is 190 g/mol. The molecule has 0 saturated heterocycles. The summed E-state index contributed by atoms with van der Waals surface area (Å²) in [7, 11) is 0. The number of hydrazone groups is 1. The fourth-order valence-electron chi connectivity index (χ4n) is 1.15. The average molecular weight is 201 g/mol. The van der Waals surface area contributed by atoms with Gasteiger partial charge in [-0.25, -0.2) is 15.0 Å². The predicted molar refractivity (Wildman–Crippen MR) is 59.7 cm³/mol. The zero-order chi connectivity index (χ0) is 10.7. The van der Waals surface area contributed by atoms with Gasteiger partial charge in [0.05, 0.1) is 5.39 Å². The van der Waals surface area contributed by atoms with Crippen LogP contribution in [0.3, 0.4) is 0 Å². The highest BCUT2D eigenvalue weighted by molar-refractivity contribution is 5.87. The molecule has 0 unspecified atom stereocenters. The van der Waals surface area contributed by atoms with Gasteiger partial charge in [0, 0.05) is 11.9 Å². The number of rotatable bonds is 2. The van der Waals surface area contributed by atoms with Crippen LogP contribution in [0.2, 0.25) is 0 Å². The Bertz CT molecular complexity index is 497. The molecule has 2 aromatic heterocycles. The van der Waals surface area contributed by atoms with E-state index in [4.69, 9.17) is 0 Å². The fourth-order valence-corrected chi connectivity index (χ4v) is 1.15. The molecule has 0 aliphatic heterocycles. The average Bonchev–Trinajstić information content (AvgIpc) is 2.26. The van der Waals surface area contributed by atoms with Gasteiger partial charge in [0.15, 0.2) is 11.5 Å². The first-order valence-corrected chi connectivity index (χ1v) is 4.60. The second kappa shape index (κ2) is 4.00. The third kappa shape index (κ3) is 2.07. The molecule has 0 aliphatic rings. The van der Waals surface area contributed by atoms with Crippen LogP contribution in [0.15, 0.2) is 29.8 Å². The largest absolute Gasteiger partial charge is 0.261 e. The summed E-state index contributed by atoms with van der Waals surface area (Å²) in [5.41, 5.74) is 4.49. The van der Waals surface area contributed by atoms with E-state index in [1.165, 1.54) is 6.33 Å². The Morgan fingerprint density at radius 3 is 2.93 bits per heavy atom. The van der Waals surface area contributed by atoms with Crippen molar-refractivity contribution < 1.29 is 0 Å². The molecule has 0 bridgehead atoms. The van der Waals surface area contributed by atoms with E-state index in [9.17, 15) is 0 Å². The Labute approximate surface area is 87.3 Å². The third-order valence-corrected chi connectivity index (χ3v) is 1.79. The van der Waals surface area contributed by atoms with E-state index < -0.39 is 0 Å². The van der Waals surface area contributed by atoms with Crippen LogP contribution in [0.5, 0.6) is 0 Å². The number of hydrogen-bond acceptors (Lipinski definition) is 5. The lowest BCUT2D eigenvalue weighted by atomic mass is 10.3. The Morgan fingerprint density at radius 2 is 2.13 bits per heavy atom. The molecule has 1 N–H and O–H groups in total. The zero-order valence-electron chi connectivity index (χ0n) is 8.60. The van der Waals surface area contributed by atoms with Gasteiger partial charge in [0.25, 0.3) is 0 Å². The first kappa shape index (κ1) is 9.51. The van der Waals surface area contributed by atoms with Crippen molar-refractivity contribution in [2.75, 3.05) is 5.43 Å². The molecule has 0 fully saturated rings. The van der Waals surface area contributed by atoms with Crippen LogP contribution in [-0.4, -0.2) is 20.7 Å². The summed E-state index contributed by atoms with van der Waals surface area (Å²) in [6.45, 7) is 3.82. The molecule has 0 atom stereocenters. The minimum Gasteiger partial charge on any atom is -0.261 e. The van der Waals surface area contributed by atoms with E-state index in [0.29, 0.717) is 11.5 Å². The van der Waals surface area contributed by atoms with Gasteiger partial charge in [0.1, 0.15) is 6.33 Å². The maximum Gasteiger partial charge on any atom is 0.164 e. The molecule has 2 rings (SSSR count). The van der Waals surface area contributed by atoms with E-state index in [1.54, 1.807) is 6.20 Å². The second-order valence-electron chi connectivity index (χ2n) is 3.27. The predicted octanol–water partition coefficient (Wildman–Crippen LogP) is 1.83. The van der Waals surface area contributed by atoms with Crippen LogP contribution in [0.1, 0.15) is 13.8 Å². The lowest BCUT2D eigenvalue weighted by Crippen LogP contribution is -1.97. The summed E-state index contributed by atoms with van der Waals surface area (Å²) < 4.78 is 0. The van der Waals surface area contributed by atoms with E-state index in [2.05, 4.69) is 25.5 Å². The highest BCUT2D eigenvalue weighted by atomic mass is 15.3. The van der Waals surface area contributed by atoms with Gasteiger partial charge < -0.3 is 0 Å². The van der Waals surface area contributed by atoms with Gasteiger partial charge in [-0.2, -0.15) is 5.10 Å². The van der Waals surface area contributed by atoms with Crippen LogP contribution in [0.25, 0.3) is 11.0 Å². The van der Waals surface area contributed by atoms with Crippen molar-refractivity contribution in [2.24, 2.45) is 5.10 Å². The number of nitrogens with zero attached hydrogens (tertiary/aromatic N) is 4. The van der Waals surface area contributed by atoms with Gasteiger partial charge in [-0.3, -0.25) is 5.43 Å². The van der Waals surface area contributed by atoms with Gasteiger partial charge in [-0.1, -0.05) is 0 Å². The molecule has 0 amide bonds. The monoisotopic (exact) mass is 201 g/mol. The Kier molecular flexibility index (Phi) is 2.53. The smallest absolute Gasteiger partial charge is 0.164 e. The summed E-state index contributed by atoms with van der Waals surface area (Å²) in [6.07, 6.45) is 3.17. The number of aromatic nitrogens is 3. The quantitative estimate of drug-likeness (QED) is 0.594. The van der Waals surface area contributed by atoms with Crippen molar-refractivity contribution >= 4 is 22.6 Å². The molecule has 15 heavy (non-hydrogen) atoms. The summed E-state index contributed by atoms with van der Waals surface area (Å²) in [5, 5.41) is 4.96. The Hall–Kier alpha value is -2.04. The number of anilines is 1. The third-order valence-electron chi connectivity index (χ3n) is 1.79. The van der Waals surface area contributed by atoms with Crippen molar-refractivity contribution in [3.8, 4) is 0 Å². The fraction of sp³-hybridized carbons (Fsp3) is 0.200. The summed E-state index contributed by atoms with van der Waals surface area (Å²) in [5.74, 6) is 0.675. The molecule has 5 nitrogen and oxygen atoms in total. The topological polar surface area (TPSA) is 63.1 Å². The number of hydrogen-bond donors (Lipinski definition) is 1. The van der Waals surface area contributed by atoms with Gasteiger partial charge in [-0.05, 0) is 26.0 Å². The first-order chi connectivity index (χ1) is 7.27. The van der Waals surface area contributed by atoms with Crippen molar-refractivity contribution in [3.05, 3.63) is 24.7 Å². The molecule has 0 aliphatic carbocycles. The maximum absolute atomic E-state index is 4.13. The molecule has 2 aromatic rings. The van der Waals surface area contributed by atoms with Crippen molar-refractivity contribution in [1.29, 1.82) is 0 Å². The van der Waals surface area contributed by atoms with Crippen molar-refractivity contribution in [2.45, 2.75) is 13.8 Å². The Balaban J connectivity index is 2.47. The molecule has 0 spiro atoms. The number of nitrogens with one attached hydrogen (secondary N) is 1. The second-order valence-corrected chi connectivity index (χ2v) is 3.27. The summed E-state index contributed by atoms with van der Waals surface area (Å²) >= 11 is 0. The molecule has 0 saturated carbocycles. The van der Waals surface area contributed by atoms with Crippen LogP contribution in [0, 0.1) is 0 Å². The molecule has 0 radical (unpaired) electrons. The van der Waals surface area contributed by atoms with Gasteiger partial charge in [-0.15, -0.1) is 0 Å². The van der Waals surface area contributed by atoms with Crippen molar-refractivity contribution in [1.82, 2.24) is 15.0 Å². The van der Waals surface area contributed by atoms with E-state index in [-0.39, 0.29) is 0 Å². The minimum atomic E-state index is 0.666. The number of pyridine rings is 1. The Morgan fingerprint density at radius 1 is 1.27 bits per heavy atom. The van der Waals surface area contributed by atoms with Gasteiger partial charge in [0.2, 0.25) is 0 Å². The highest BCUT2D eigenvalue weighted by Gasteiger charge is 2.01. The molecule has 5 heteroatoms. The molecule has 76 valence electrons. The first-order valence-electron chi connectivity index (χ1n) is 4.60. The minimum absolute atomic E-state index is 0.666. The van der Waals surface area contributed by atoms with E-state index >= 15 is 0 Å². The van der Waals surface area contributed by atoms with Crippen LogP contribution in [-0.2, 0) is 0 Å². The molecule has 2 heterocycles.